The molecule has 0 atom stereocenters. The monoisotopic (exact) mass is 218 g/mol. The van der Waals surface area contributed by atoms with E-state index in [1.54, 1.807) is 24.3 Å². The molecule has 0 bridgehead atoms. The molecule has 0 unspecified atom stereocenters. The van der Waals surface area contributed by atoms with E-state index in [9.17, 15) is 4.79 Å². The van der Waals surface area contributed by atoms with Crippen molar-refractivity contribution in [3.8, 4) is 0 Å². The lowest BCUT2D eigenvalue weighted by Crippen LogP contribution is -2.24. The number of amides is 1. The first kappa shape index (κ1) is 10.2. The maximum absolute atomic E-state index is 11.6. The SMILES string of the molecule is Nc1cccc(C(=O)NCc2ccon2)n1. The summed E-state index contributed by atoms with van der Waals surface area (Å²) in [5.41, 5.74) is 6.40. The number of rotatable bonds is 3. The topological polar surface area (TPSA) is 94.0 Å². The maximum Gasteiger partial charge on any atom is 0.270 e. The second-order valence-corrected chi connectivity index (χ2v) is 3.12. The molecule has 6 heteroatoms. The number of anilines is 1. The molecule has 1 amide bonds. The van der Waals surface area contributed by atoms with Gasteiger partial charge in [0.1, 0.15) is 23.5 Å². The van der Waals surface area contributed by atoms with Crippen molar-refractivity contribution in [1.29, 1.82) is 0 Å². The van der Waals surface area contributed by atoms with Gasteiger partial charge in [-0.1, -0.05) is 11.2 Å². The summed E-state index contributed by atoms with van der Waals surface area (Å²) in [6.07, 6.45) is 1.44. The van der Waals surface area contributed by atoms with Crippen LogP contribution in [0.25, 0.3) is 0 Å². The van der Waals surface area contributed by atoms with Crippen molar-refractivity contribution in [1.82, 2.24) is 15.5 Å². The third kappa shape index (κ3) is 2.35. The molecular weight excluding hydrogens is 208 g/mol. The Hall–Kier alpha value is -2.37. The van der Waals surface area contributed by atoms with Crippen LogP contribution in [0, 0.1) is 0 Å². The van der Waals surface area contributed by atoms with E-state index in [0.29, 0.717) is 18.1 Å². The van der Waals surface area contributed by atoms with Crippen molar-refractivity contribution < 1.29 is 9.32 Å². The van der Waals surface area contributed by atoms with E-state index in [2.05, 4.69) is 20.0 Å². The summed E-state index contributed by atoms with van der Waals surface area (Å²) >= 11 is 0. The first-order chi connectivity index (χ1) is 7.75. The molecule has 2 heterocycles. The third-order valence-electron chi connectivity index (χ3n) is 1.92. The van der Waals surface area contributed by atoms with Gasteiger partial charge in [-0.15, -0.1) is 0 Å². The second-order valence-electron chi connectivity index (χ2n) is 3.12. The fraction of sp³-hybridized carbons (Fsp3) is 0.100. The highest BCUT2D eigenvalue weighted by atomic mass is 16.5. The first-order valence-electron chi connectivity index (χ1n) is 4.66. The second kappa shape index (κ2) is 4.43. The number of aromatic nitrogens is 2. The number of pyridine rings is 1. The Morgan fingerprint density at radius 1 is 1.44 bits per heavy atom. The largest absolute Gasteiger partial charge is 0.384 e. The number of carbonyl (C=O) groups excluding carboxylic acids is 1. The molecule has 0 aliphatic heterocycles. The van der Waals surface area contributed by atoms with Gasteiger partial charge in [0.15, 0.2) is 0 Å². The summed E-state index contributed by atoms with van der Waals surface area (Å²) in [6, 6.07) is 6.56. The fourth-order valence-electron chi connectivity index (χ4n) is 1.17. The average Bonchev–Trinajstić information content (AvgIpc) is 2.78. The minimum absolute atomic E-state index is 0.281. The quantitative estimate of drug-likeness (QED) is 0.785. The molecule has 3 N–H and O–H groups in total. The van der Waals surface area contributed by atoms with Crippen LogP contribution in [0.15, 0.2) is 35.1 Å². The smallest absolute Gasteiger partial charge is 0.270 e. The lowest BCUT2D eigenvalue weighted by Gasteiger charge is -2.02. The van der Waals surface area contributed by atoms with Gasteiger partial charge in [0.2, 0.25) is 0 Å². The predicted octanol–water partition coefficient (Wildman–Crippen LogP) is 0.582. The Morgan fingerprint density at radius 2 is 2.31 bits per heavy atom. The van der Waals surface area contributed by atoms with Crippen LogP contribution in [0.1, 0.15) is 16.2 Å². The average molecular weight is 218 g/mol. The summed E-state index contributed by atoms with van der Waals surface area (Å²) < 4.78 is 4.63. The highest BCUT2D eigenvalue weighted by molar-refractivity contribution is 5.92. The number of hydrogen-bond acceptors (Lipinski definition) is 5. The molecule has 0 aliphatic rings. The number of nitrogens with zero attached hydrogens (tertiary/aromatic N) is 2. The van der Waals surface area contributed by atoms with E-state index in [-0.39, 0.29) is 11.6 Å². The van der Waals surface area contributed by atoms with Gasteiger partial charge in [-0.2, -0.15) is 0 Å². The molecule has 2 rings (SSSR count). The number of nitrogens with one attached hydrogen (secondary N) is 1. The number of nitrogen functional groups attached to an aromatic ring is 1. The molecular formula is C10H10N4O2. The van der Waals surface area contributed by atoms with Crippen molar-refractivity contribution >= 4 is 11.7 Å². The van der Waals surface area contributed by atoms with Gasteiger partial charge in [-0.25, -0.2) is 4.98 Å². The number of nitrogens with two attached hydrogens (primary N) is 1. The fourth-order valence-corrected chi connectivity index (χ4v) is 1.17. The summed E-state index contributed by atoms with van der Waals surface area (Å²) in [5, 5.41) is 6.31. The molecule has 0 aliphatic carbocycles. The molecule has 0 saturated heterocycles. The van der Waals surface area contributed by atoms with Crippen molar-refractivity contribution in [3.63, 3.8) is 0 Å². The molecule has 0 radical (unpaired) electrons. The minimum Gasteiger partial charge on any atom is -0.384 e. The lowest BCUT2D eigenvalue weighted by molar-refractivity contribution is 0.0945. The third-order valence-corrected chi connectivity index (χ3v) is 1.92. The molecule has 6 nitrogen and oxygen atoms in total. The zero-order chi connectivity index (χ0) is 11.4. The van der Waals surface area contributed by atoms with Gasteiger partial charge >= 0.3 is 0 Å². The maximum atomic E-state index is 11.6. The van der Waals surface area contributed by atoms with Gasteiger partial charge < -0.3 is 15.6 Å². The molecule has 2 aromatic rings. The summed E-state index contributed by atoms with van der Waals surface area (Å²) in [4.78, 5) is 15.5. The van der Waals surface area contributed by atoms with Crippen LogP contribution < -0.4 is 11.1 Å². The van der Waals surface area contributed by atoms with Crippen molar-refractivity contribution in [2.24, 2.45) is 0 Å². The summed E-state index contributed by atoms with van der Waals surface area (Å²) in [5.74, 6) is 0.0180. The highest BCUT2D eigenvalue weighted by Gasteiger charge is 2.07. The van der Waals surface area contributed by atoms with Crippen molar-refractivity contribution in [2.75, 3.05) is 5.73 Å². The Kier molecular flexibility index (Phi) is 2.81. The van der Waals surface area contributed by atoms with E-state index in [4.69, 9.17) is 5.73 Å². The Labute approximate surface area is 91.5 Å². The molecule has 16 heavy (non-hydrogen) atoms. The minimum atomic E-state index is -0.296. The first-order valence-corrected chi connectivity index (χ1v) is 4.66. The summed E-state index contributed by atoms with van der Waals surface area (Å²) in [7, 11) is 0. The van der Waals surface area contributed by atoms with Crippen LogP contribution in [0.5, 0.6) is 0 Å². The molecule has 82 valence electrons. The van der Waals surface area contributed by atoms with E-state index in [0.717, 1.165) is 0 Å². The zero-order valence-electron chi connectivity index (χ0n) is 8.38. The van der Waals surface area contributed by atoms with E-state index in [1.807, 2.05) is 0 Å². The van der Waals surface area contributed by atoms with Crippen LogP contribution in [-0.4, -0.2) is 16.0 Å². The van der Waals surface area contributed by atoms with Crippen LogP contribution in [-0.2, 0) is 6.54 Å². The molecule has 0 aromatic carbocycles. The van der Waals surface area contributed by atoms with Crippen molar-refractivity contribution in [2.45, 2.75) is 6.54 Å². The number of hydrogen-bond donors (Lipinski definition) is 2. The standard InChI is InChI=1S/C10H10N4O2/c11-9-3-1-2-8(13-9)10(15)12-6-7-4-5-16-14-7/h1-5H,6H2,(H2,11,13)(H,12,15). The van der Waals surface area contributed by atoms with Gasteiger partial charge in [0.05, 0.1) is 6.54 Å². The normalized spacial score (nSPS) is 10.0. The molecule has 0 fully saturated rings. The molecule has 0 saturated carbocycles. The number of carbonyl (C=O) groups is 1. The lowest BCUT2D eigenvalue weighted by atomic mass is 10.3. The van der Waals surface area contributed by atoms with Crippen LogP contribution in [0.4, 0.5) is 5.82 Å². The molecule has 2 aromatic heterocycles. The van der Waals surface area contributed by atoms with Gasteiger partial charge in [0, 0.05) is 6.07 Å². The van der Waals surface area contributed by atoms with Gasteiger partial charge in [-0.3, -0.25) is 4.79 Å². The van der Waals surface area contributed by atoms with Gasteiger partial charge in [0.25, 0.3) is 5.91 Å². The highest BCUT2D eigenvalue weighted by Crippen LogP contribution is 2.01. The Bertz CT molecular complexity index is 481. The van der Waals surface area contributed by atoms with Crippen LogP contribution in [0.3, 0.4) is 0 Å². The van der Waals surface area contributed by atoms with Crippen LogP contribution >= 0.6 is 0 Å². The predicted molar refractivity (Wildman–Crippen MR) is 56.3 cm³/mol. The van der Waals surface area contributed by atoms with Crippen LogP contribution in [0.2, 0.25) is 0 Å². The summed E-state index contributed by atoms with van der Waals surface area (Å²) in [6.45, 7) is 0.297. The Morgan fingerprint density at radius 3 is 3.00 bits per heavy atom. The Balaban J connectivity index is 1.98. The van der Waals surface area contributed by atoms with Crippen molar-refractivity contribution in [3.05, 3.63) is 41.9 Å². The van der Waals surface area contributed by atoms with E-state index >= 15 is 0 Å². The van der Waals surface area contributed by atoms with E-state index in [1.165, 1.54) is 6.26 Å². The molecule has 0 spiro atoms. The van der Waals surface area contributed by atoms with E-state index < -0.39 is 0 Å². The van der Waals surface area contributed by atoms with Gasteiger partial charge in [-0.05, 0) is 12.1 Å². The zero-order valence-corrected chi connectivity index (χ0v) is 8.38.